The van der Waals surface area contributed by atoms with Crippen molar-refractivity contribution in [1.29, 1.82) is 0 Å². The molecule has 3 aromatic rings. The van der Waals surface area contributed by atoms with Crippen molar-refractivity contribution in [3.8, 4) is 28.5 Å². The standard InChI is InChI=1S/C25H19N5O/c26-19-13-7-8-14-20(19)27-22-15-21-23(16-24(22)31)30(18-11-5-2-6-12-18)29-25(28-21)17-9-3-1-4-10-17/h1-16,27H,26H2. The number of anilines is 3. The van der Waals surface area contributed by atoms with E-state index in [0.717, 1.165) is 11.3 Å². The molecule has 31 heavy (non-hydrogen) atoms. The summed E-state index contributed by atoms with van der Waals surface area (Å²) < 4.78 is 1.76. The monoisotopic (exact) mass is 405 g/mol. The van der Waals surface area contributed by atoms with Gasteiger partial charge in [-0.05, 0) is 30.3 Å². The quantitative estimate of drug-likeness (QED) is 0.422. The Bertz CT molecular complexity index is 1380. The molecule has 0 aromatic heterocycles. The summed E-state index contributed by atoms with van der Waals surface area (Å²) in [7, 11) is 0. The highest BCUT2D eigenvalue weighted by Crippen LogP contribution is 2.28. The number of para-hydroxylation sites is 3. The number of nitrogens with one attached hydrogen (secondary N) is 1. The first-order valence-corrected chi connectivity index (χ1v) is 9.86. The van der Waals surface area contributed by atoms with Crippen LogP contribution in [0.3, 0.4) is 0 Å². The van der Waals surface area contributed by atoms with Gasteiger partial charge in [0.1, 0.15) is 0 Å². The van der Waals surface area contributed by atoms with Crippen molar-refractivity contribution in [3.63, 3.8) is 0 Å². The highest BCUT2D eigenvalue weighted by molar-refractivity contribution is 5.76. The lowest BCUT2D eigenvalue weighted by Crippen LogP contribution is -2.16. The molecule has 0 unspecified atom stereocenters. The molecule has 1 heterocycles. The van der Waals surface area contributed by atoms with Gasteiger partial charge < -0.3 is 11.1 Å². The predicted octanol–water partition coefficient (Wildman–Crippen LogP) is 4.73. The number of hydrogen-bond acceptors (Lipinski definition) is 5. The van der Waals surface area contributed by atoms with Gasteiger partial charge in [0.2, 0.25) is 5.43 Å². The van der Waals surface area contributed by atoms with Gasteiger partial charge in [-0.15, -0.1) is 5.10 Å². The zero-order chi connectivity index (χ0) is 21.2. The first-order valence-electron chi connectivity index (χ1n) is 9.86. The Morgan fingerprint density at radius 2 is 1.45 bits per heavy atom. The second kappa shape index (κ2) is 7.76. The molecule has 0 bridgehead atoms. The molecule has 1 aliphatic carbocycles. The fourth-order valence-corrected chi connectivity index (χ4v) is 3.43. The summed E-state index contributed by atoms with van der Waals surface area (Å²) in [4.78, 5) is 17.7. The van der Waals surface area contributed by atoms with Gasteiger partial charge in [-0.3, -0.25) is 4.79 Å². The highest BCUT2D eigenvalue weighted by atomic mass is 16.1. The number of nitrogen functional groups attached to an aromatic ring is 1. The number of rotatable bonds is 4. The number of hydrogen-bond donors (Lipinski definition) is 2. The lowest BCUT2D eigenvalue weighted by molar-refractivity contribution is 0.828. The second-order valence-corrected chi connectivity index (χ2v) is 7.10. The normalized spacial score (nSPS) is 10.8. The summed E-state index contributed by atoms with van der Waals surface area (Å²) in [6.07, 6.45) is 0. The Balaban J connectivity index is 1.72. The van der Waals surface area contributed by atoms with Crippen LogP contribution >= 0.6 is 0 Å². The molecular formula is C25H19N5O. The van der Waals surface area contributed by atoms with Crippen LogP contribution in [0.4, 0.5) is 17.1 Å². The van der Waals surface area contributed by atoms with E-state index in [2.05, 4.69) is 5.32 Å². The molecule has 0 saturated carbocycles. The van der Waals surface area contributed by atoms with Crippen molar-refractivity contribution < 1.29 is 0 Å². The van der Waals surface area contributed by atoms with Gasteiger partial charge in [-0.1, -0.05) is 60.7 Å². The Hall–Kier alpha value is -4.45. The smallest absolute Gasteiger partial charge is 0.204 e. The van der Waals surface area contributed by atoms with E-state index >= 15 is 0 Å². The Morgan fingerprint density at radius 1 is 0.774 bits per heavy atom. The summed E-state index contributed by atoms with van der Waals surface area (Å²) in [5.41, 5.74) is 10.5. The van der Waals surface area contributed by atoms with Crippen LogP contribution in [0.5, 0.6) is 0 Å². The van der Waals surface area contributed by atoms with E-state index in [0.29, 0.717) is 34.3 Å². The Labute approximate surface area is 179 Å². The van der Waals surface area contributed by atoms with Gasteiger partial charge in [0.25, 0.3) is 0 Å². The number of fused-ring (bicyclic) bond motifs is 1. The van der Waals surface area contributed by atoms with E-state index in [-0.39, 0.29) is 5.43 Å². The van der Waals surface area contributed by atoms with Crippen molar-refractivity contribution in [2.75, 3.05) is 11.1 Å². The molecular weight excluding hydrogens is 386 g/mol. The maximum atomic E-state index is 12.9. The zero-order valence-corrected chi connectivity index (χ0v) is 16.6. The second-order valence-electron chi connectivity index (χ2n) is 7.10. The molecule has 6 heteroatoms. The molecule has 6 nitrogen and oxygen atoms in total. The van der Waals surface area contributed by atoms with E-state index in [9.17, 15) is 4.79 Å². The number of nitrogens with zero attached hydrogens (tertiary/aromatic N) is 3. The minimum atomic E-state index is -0.170. The first kappa shape index (κ1) is 18.6. The summed E-state index contributed by atoms with van der Waals surface area (Å²) in [6, 6.07) is 30.1. The Kier molecular flexibility index (Phi) is 4.65. The summed E-state index contributed by atoms with van der Waals surface area (Å²) in [6.45, 7) is 0. The van der Waals surface area contributed by atoms with Crippen molar-refractivity contribution >= 4 is 17.1 Å². The van der Waals surface area contributed by atoms with Crippen LogP contribution in [0.15, 0.2) is 102 Å². The predicted molar refractivity (Wildman–Crippen MR) is 124 cm³/mol. The van der Waals surface area contributed by atoms with Gasteiger partial charge in [0.15, 0.2) is 5.82 Å². The van der Waals surface area contributed by atoms with Gasteiger partial charge in [0, 0.05) is 11.6 Å². The van der Waals surface area contributed by atoms with Gasteiger partial charge in [-0.2, -0.15) is 0 Å². The molecule has 5 rings (SSSR count). The molecule has 3 N–H and O–H groups in total. The van der Waals surface area contributed by atoms with Crippen LogP contribution in [0.1, 0.15) is 0 Å². The van der Waals surface area contributed by atoms with Gasteiger partial charge in [-0.25, -0.2) is 9.67 Å². The zero-order valence-electron chi connectivity index (χ0n) is 16.6. The fourth-order valence-electron chi connectivity index (χ4n) is 3.43. The molecule has 0 saturated heterocycles. The number of aromatic nitrogens is 3. The summed E-state index contributed by atoms with van der Waals surface area (Å²) in [5, 5.41) is 7.88. The van der Waals surface area contributed by atoms with Crippen LogP contribution in [0.25, 0.3) is 28.5 Å². The lowest BCUT2D eigenvalue weighted by atomic mass is 10.1. The van der Waals surface area contributed by atoms with Crippen LogP contribution < -0.4 is 16.5 Å². The third kappa shape index (κ3) is 3.62. The van der Waals surface area contributed by atoms with Crippen LogP contribution in [-0.4, -0.2) is 14.8 Å². The topological polar surface area (TPSA) is 85.8 Å². The van der Waals surface area contributed by atoms with Crippen molar-refractivity contribution in [2.45, 2.75) is 0 Å². The Morgan fingerprint density at radius 3 is 2.19 bits per heavy atom. The molecule has 0 amide bonds. The van der Waals surface area contributed by atoms with Crippen molar-refractivity contribution in [1.82, 2.24) is 14.8 Å². The van der Waals surface area contributed by atoms with E-state index in [1.807, 2.05) is 78.9 Å². The van der Waals surface area contributed by atoms with Crippen LogP contribution in [0, 0.1) is 0 Å². The number of benzene rings is 4. The lowest BCUT2D eigenvalue weighted by Gasteiger charge is -2.17. The van der Waals surface area contributed by atoms with E-state index < -0.39 is 0 Å². The van der Waals surface area contributed by atoms with Crippen molar-refractivity contribution in [2.24, 2.45) is 0 Å². The SMILES string of the molecule is Nc1ccccc1Nc1cc2nc(-c3ccccc3)nn(-c3ccccc3)c-2cc1=O. The third-order valence-electron chi connectivity index (χ3n) is 4.99. The molecule has 0 atom stereocenters. The third-order valence-corrected chi connectivity index (χ3v) is 4.99. The molecule has 0 fully saturated rings. The molecule has 3 aromatic carbocycles. The molecule has 2 aliphatic rings. The van der Waals surface area contributed by atoms with E-state index in [4.69, 9.17) is 15.8 Å². The van der Waals surface area contributed by atoms with Crippen molar-refractivity contribution in [3.05, 3.63) is 107 Å². The van der Waals surface area contributed by atoms with Gasteiger partial charge in [0.05, 0.1) is 34.1 Å². The van der Waals surface area contributed by atoms with Gasteiger partial charge >= 0.3 is 0 Å². The minimum absolute atomic E-state index is 0.170. The average Bonchev–Trinajstić information content (AvgIpc) is 2.81. The van der Waals surface area contributed by atoms with Crippen LogP contribution in [-0.2, 0) is 0 Å². The fraction of sp³-hybridized carbons (Fsp3) is 0. The highest BCUT2D eigenvalue weighted by Gasteiger charge is 2.17. The van der Waals surface area contributed by atoms with E-state index in [1.54, 1.807) is 22.9 Å². The summed E-state index contributed by atoms with van der Waals surface area (Å²) in [5.74, 6) is 0.570. The molecule has 0 radical (unpaired) electrons. The average molecular weight is 405 g/mol. The van der Waals surface area contributed by atoms with E-state index in [1.165, 1.54) is 0 Å². The summed E-state index contributed by atoms with van der Waals surface area (Å²) >= 11 is 0. The minimum Gasteiger partial charge on any atom is -0.397 e. The number of nitrogens with two attached hydrogens (primary N) is 1. The van der Waals surface area contributed by atoms with Crippen LogP contribution in [0.2, 0.25) is 0 Å². The molecule has 1 aliphatic heterocycles. The first-order chi connectivity index (χ1) is 15.2. The molecule has 0 spiro atoms. The maximum absolute atomic E-state index is 12.9. The maximum Gasteiger partial charge on any atom is 0.204 e. The molecule has 150 valence electrons. The largest absolute Gasteiger partial charge is 0.397 e.